The number of hydrogen-bond acceptors (Lipinski definition) is 6. The highest BCUT2D eigenvalue weighted by molar-refractivity contribution is 5.96. The number of methoxy groups -OCH3 is 2. The molecule has 2 aliphatic rings. The lowest BCUT2D eigenvalue weighted by Gasteiger charge is -2.38. The van der Waals surface area contributed by atoms with Crippen molar-refractivity contribution in [2.45, 2.75) is 57.7 Å². The van der Waals surface area contributed by atoms with Crippen molar-refractivity contribution in [3.05, 3.63) is 83.0 Å². The molecule has 40 heavy (non-hydrogen) atoms. The molecule has 2 aromatic carbocycles. The van der Waals surface area contributed by atoms with Gasteiger partial charge in [0.1, 0.15) is 17.3 Å². The number of pyridine rings is 1. The fraction of sp³-hybridized carbons (Fsp3) is 0.406. The number of carbonyl (C=O) groups excluding carboxylic acids is 2. The molecule has 3 aromatic rings. The minimum absolute atomic E-state index is 0.0525. The first-order valence-corrected chi connectivity index (χ1v) is 14.0. The summed E-state index contributed by atoms with van der Waals surface area (Å²) >= 11 is 0. The van der Waals surface area contributed by atoms with E-state index in [4.69, 9.17) is 14.5 Å². The Morgan fingerprint density at radius 3 is 2.60 bits per heavy atom. The number of amides is 2. The summed E-state index contributed by atoms with van der Waals surface area (Å²) in [5.41, 5.74) is 3.01. The van der Waals surface area contributed by atoms with Gasteiger partial charge in [-0.1, -0.05) is 18.2 Å². The number of nitrogens with zero attached hydrogens (tertiary/aromatic N) is 2. The second kappa shape index (κ2) is 12.0. The molecule has 210 valence electrons. The van der Waals surface area contributed by atoms with Gasteiger partial charge in [0.2, 0.25) is 0 Å². The molecule has 1 aromatic heterocycles. The number of anilines is 1. The highest BCUT2D eigenvalue weighted by Crippen LogP contribution is 2.39. The third kappa shape index (κ3) is 5.76. The van der Waals surface area contributed by atoms with Crippen LogP contribution in [0.3, 0.4) is 0 Å². The molecule has 8 heteroatoms. The van der Waals surface area contributed by atoms with Gasteiger partial charge in [-0.05, 0) is 87.4 Å². The summed E-state index contributed by atoms with van der Waals surface area (Å²) in [7, 11) is 3.25. The molecular formula is C32H38N4O4. The maximum absolute atomic E-state index is 13.1. The molecule has 1 saturated carbocycles. The van der Waals surface area contributed by atoms with Gasteiger partial charge in [0.05, 0.1) is 25.8 Å². The van der Waals surface area contributed by atoms with E-state index in [-0.39, 0.29) is 23.9 Å². The zero-order valence-corrected chi connectivity index (χ0v) is 23.6. The first kappa shape index (κ1) is 27.5. The Morgan fingerprint density at radius 1 is 1.02 bits per heavy atom. The van der Waals surface area contributed by atoms with Crippen LogP contribution in [0.4, 0.5) is 5.82 Å². The van der Waals surface area contributed by atoms with Gasteiger partial charge in [0, 0.05) is 36.0 Å². The first-order valence-electron chi connectivity index (χ1n) is 14.0. The maximum atomic E-state index is 13.1. The molecule has 2 amide bonds. The van der Waals surface area contributed by atoms with Crippen molar-refractivity contribution in [3.8, 4) is 11.5 Å². The number of aromatic nitrogens is 1. The summed E-state index contributed by atoms with van der Waals surface area (Å²) in [6, 6.07) is 17.3. The van der Waals surface area contributed by atoms with Crippen molar-refractivity contribution < 1.29 is 19.1 Å². The van der Waals surface area contributed by atoms with Crippen molar-refractivity contribution in [2.24, 2.45) is 5.92 Å². The molecule has 0 radical (unpaired) electrons. The van der Waals surface area contributed by atoms with Gasteiger partial charge in [0.25, 0.3) is 11.8 Å². The molecule has 5 rings (SSSR count). The van der Waals surface area contributed by atoms with Crippen LogP contribution in [0, 0.1) is 12.8 Å². The highest BCUT2D eigenvalue weighted by atomic mass is 16.5. The van der Waals surface area contributed by atoms with E-state index in [1.54, 1.807) is 20.4 Å². The molecule has 2 heterocycles. The van der Waals surface area contributed by atoms with Crippen LogP contribution in [0.2, 0.25) is 0 Å². The van der Waals surface area contributed by atoms with Crippen LogP contribution in [0.15, 0.2) is 60.8 Å². The number of hydrogen-bond donors (Lipinski definition) is 2. The van der Waals surface area contributed by atoms with E-state index in [1.807, 2.05) is 68.4 Å². The summed E-state index contributed by atoms with van der Waals surface area (Å²) in [5, 5.41) is 6.33. The Hall–Kier alpha value is -4.07. The molecule has 1 aliphatic carbocycles. The quantitative estimate of drug-likeness (QED) is 0.413. The van der Waals surface area contributed by atoms with Crippen LogP contribution in [0.5, 0.6) is 11.5 Å². The molecule has 4 atom stereocenters. The number of nitrogens with one attached hydrogen (secondary N) is 2. The van der Waals surface area contributed by atoms with Crippen LogP contribution >= 0.6 is 0 Å². The van der Waals surface area contributed by atoms with Crippen molar-refractivity contribution in [1.29, 1.82) is 0 Å². The lowest BCUT2D eigenvalue weighted by molar-refractivity contribution is 0.0929. The fourth-order valence-electron chi connectivity index (χ4n) is 6.20. The average Bonchev–Trinajstić information content (AvgIpc) is 3.39. The summed E-state index contributed by atoms with van der Waals surface area (Å²) in [5.74, 6) is 2.64. The van der Waals surface area contributed by atoms with Gasteiger partial charge >= 0.3 is 0 Å². The largest absolute Gasteiger partial charge is 0.497 e. The molecule has 0 spiro atoms. The van der Waals surface area contributed by atoms with E-state index >= 15 is 0 Å². The Kier molecular flexibility index (Phi) is 8.24. The van der Waals surface area contributed by atoms with Gasteiger partial charge in [-0.25, -0.2) is 4.98 Å². The minimum atomic E-state index is -0.170. The number of fused-ring (bicyclic) bond motifs is 1. The van der Waals surface area contributed by atoms with E-state index in [0.29, 0.717) is 23.1 Å². The van der Waals surface area contributed by atoms with Gasteiger partial charge < -0.3 is 25.0 Å². The first-order chi connectivity index (χ1) is 19.4. The summed E-state index contributed by atoms with van der Waals surface area (Å²) < 4.78 is 10.7. The number of ether oxygens (including phenoxy) is 2. The van der Waals surface area contributed by atoms with E-state index in [0.717, 1.165) is 60.7 Å². The van der Waals surface area contributed by atoms with Crippen molar-refractivity contribution in [1.82, 2.24) is 15.6 Å². The lowest BCUT2D eigenvalue weighted by atomic mass is 9.92. The number of benzene rings is 2. The van der Waals surface area contributed by atoms with Crippen LogP contribution in [0.1, 0.15) is 70.5 Å². The van der Waals surface area contributed by atoms with Crippen LogP contribution < -0.4 is 25.0 Å². The average molecular weight is 543 g/mol. The standard InChI is InChI=1S/C32H38N4O4/c1-20-27(11-6-12-29(20)40-4)32(38)35-25-16-23-9-7-15-36(28(23)18-25)30-14-13-24(19-33-30)31(37)34-21(2)22-8-5-10-26(17-22)39-3/h5-6,8,10-14,17,19,21,23,25,28H,7,9,15-16,18H2,1-4H3,(H,34,37)(H,35,38)/t21-,23?,25?,28?/m0/s1. The summed E-state index contributed by atoms with van der Waals surface area (Å²) in [6.45, 7) is 4.79. The number of rotatable bonds is 8. The number of piperidine rings is 1. The Bertz CT molecular complexity index is 1360. The summed E-state index contributed by atoms with van der Waals surface area (Å²) in [6.07, 6.45) is 5.72. The predicted molar refractivity (Wildman–Crippen MR) is 155 cm³/mol. The predicted octanol–water partition coefficient (Wildman–Crippen LogP) is 5.08. The second-order valence-electron chi connectivity index (χ2n) is 10.8. The Balaban J connectivity index is 1.22. The van der Waals surface area contributed by atoms with Crippen LogP contribution in [-0.2, 0) is 0 Å². The summed E-state index contributed by atoms with van der Waals surface area (Å²) in [4.78, 5) is 33.1. The van der Waals surface area contributed by atoms with E-state index in [9.17, 15) is 9.59 Å². The van der Waals surface area contributed by atoms with E-state index in [2.05, 4.69) is 15.5 Å². The van der Waals surface area contributed by atoms with Gasteiger partial charge in [-0.3, -0.25) is 9.59 Å². The van der Waals surface area contributed by atoms with Gasteiger partial charge in [-0.15, -0.1) is 0 Å². The molecule has 8 nitrogen and oxygen atoms in total. The monoisotopic (exact) mass is 542 g/mol. The highest BCUT2D eigenvalue weighted by Gasteiger charge is 2.41. The smallest absolute Gasteiger partial charge is 0.253 e. The third-order valence-corrected chi connectivity index (χ3v) is 8.36. The van der Waals surface area contributed by atoms with Crippen molar-refractivity contribution in [3.63, 3.8) is 0 Å². The van der Waals surface area contributed by atoms with E-state index < -0.39 is 0 Å². The van der Waals surface area contributed by atoms with Crippen molar-refractivity contribution in [2.75, 3.05) is 25.7 Å². The Labute approximate surface area is 236 Å². The number of carbonyl (C=O) groups is 2. The van der Waals surface area contributed by atoms with Crippen molar-refractivity contribution >= 4 is 17.6 Å². The van der Waals surface area contributed by atoms with Crippen LogP contribution in [0.25, 0.3) is 0 Å². The Morgan fingerprint density at radius 2 is 1.85 bits per heavy atom. The molecule has 3 unspecified atom stereocenters. The zero-order valence-electron chi connectivity index (χ0n) is 23.6. The topological polar surface area (TPSA) is 92.8 Å². The van der Waals surface area contributed by atoms with Crippen LogP contribution in [-0.4, -0.2) is 49.6 Å². The minimum Gasteiger partial charge on any atom is -0.497 e. The SMILES string of the molecule is COc1cccc([C@H](C)NC(=O)c2ccc(N3CCCC4CC(NC(=O)c5cccc(OC)c5C)CC43)nc2)c1. The lowest BCUT2D eigenvalue weighted by Crippen LogP contribution is -2.43. The molecule has 2 N–H and O–H groups in total. The third-order valence-electron chi connectivity index (χ3n) is 8.36. The van der Waals surface area contributed by atoms with E-state index in [1.165, 1.54) is 0 Å². The van der Waals surface area contributed by atoms with Gasteiger partial charge in [0.15, 0.2) is 0 Å². The normalized spacial score (nSPS) is 20.8. The zero-order chi connectivity index (χ0) is 28.2. The van der Waals surface area contributed by atoms with Gasteiger partial charge in [-0.2, -0.15) is 0 Å². The molecule has 0 bridgehead atoms. The molecular weight excluding hydrogens is 504 g/mol. The molecule has 1 aliphatic heterocycles. The fourth-order valence-corrected chi connectivity index (χ4v) is 6.20. The molecule has 2 fully saturated rings. The molecule has 1 saturated heterocycles. The second-order valence-corrected chi connectivity index (χ2v) is 10.8. The maximum Gasteiger partial charge on any atom is 0.253 e.